The molecule has 0 atom stereocenters. The maximum Gasteiger partial charge on any atom is 0.247 e. The molecule has 4 aromatic rings. The van der Waals surface area contributed by atoms with Gasteiger partial charge in [-0.2, -0.15) is 0 Å². The number of nitrogens with one attached hydrogen (secondary N) is 3. The minimum atomic E-state index is -0.357. The highest BCUT2D eigenvalue weighted by atomic mass is 19.1. The van der Waals surface area contributed by atoms with Crippen LogP contribution in [-0.2, 0) is 14.3 Å². The molecule has 1 amide bonds. The molecule has 2 aliphatic heterocycles. The summed E-state index contributed by atoms with van der Waals surface area (Å²) in [5.74, 6) is -0.763. The number of hydrogen-bond acceptors (Lipinski definition) is 9. The van der Waals surface area contributed by atoms with Crippen LogP contribution in [0.3, 0.4) is 0 Å². The molecule has 6 rings (SSSR count). The zero-order valence-electron chi connectivity index (χ0n) is 24.6. The second-order valence-corrected chi connectivity index (χ2v) is 10.5. The Bertz CT molecular complexity index is 1690. The number of amides is 1. The third kappa shape index (κ3) is 7.19. The van der Waals surface area contributed by atoms with Crippen molar-refractivity contribution in [2.75, 3.05) is 78.4 Å². The summed E-state index contributed by atoms with van der Waals surface area (Å²) < 4.78 is 40.8. The zero-order chi connectivity index (χ0) is 31.2. The lowest BCUT2D eigenvalue weighted by Gasteiger charge is -2.29. The van der Waals surface area contributed by atoms with Crippen molar-refractivity contribution >= 4 is 46.0 Å². The molecule has 2 fully saturated rings. The van der Waals surface area contributed by atoms with Gasteiger partial charge in [0, 0.05) is 48.8 Å². The van der Waals surface area contributed by atoms with Gasteiger partial charge in [-0.3, -0.25) is 4.79 Å². The normalized spacial score (nSPS) is 15.0. The van der Waals surface area contributed by atoms with Crippen LogP contribution in [-0.4, -0.2) is 68.5 Å². The Labute approximate surface area is 259 Å². The second kappa shape index (κ2) is 13.7. The Balaban J connectivity index is 1.32. The quantitative estimate of drug-likeness (QED) is 0.205. The molecule has 12 heteroatoms. The van der Waals surface area contributed by atoms with Gasteiger partial charge < -0.3 is 35.2 Å². The minimum Gasteiger partial charge on any atom is -0.378 e. The Morgan fingerprint density at radius 2 is 1.49 bits per heavy atom. The topological polar surface area (TPSA) is 104 Å². The second-order valence-electron chi connectivity index (χ2n) is 10.5. The number of ether oxygens (including phenoxy) is 2. The van der Waals surface area contributed by atoms with Crippen molar-refractivity contribution in [3.8, 4) is 11.3 Å². The summed E-state index contributed by atoms with van der Waals surface area (Å²) in [5, 5.41) is 9.21. The third-order valence-electron chi connectivity index (χ3n) is 7.51. The molecule has 3 aromatic carbocycles. The fraction of sp³-hybridized carbons (Fsp3) is 0.242. The van der Waals surface area contributed by atoms with Gasteiger partial charge in [0.2, 0.25) is 11.9 Å². The Kier molecular flexibility index (Phi) is 9.13. The van der Waals surface area contributed by atoms with Crippen molar-refractivity contribution in [3.63, 3.8) is 0 Å². The van der Waals surface area contributed by atoms with E-state index in [1.54, 1.807) is 48.7 Å². The van der Waals surface area contributed by atoms with Gasteiger partial charge >= 0.3 is 0 Å². The van der Waals surface area contributed by atoms with Gasteiger partial charge in [0.05, 0.1) is 55.4 Å². The lowest BCUT2D eigenvalue weighted by molar-refractivity contribution is -0.111. The smallest absolute Gasteiger partial charge is 0.247 e. The molecule has 0 spiro atoms. The molecule has 232 valence electrons. The van der Waals surface area contributed by atoms with E-state index in [4.69, 9.17) is 14.5 Å². The van der Waals surface area contributed by atoms with Crippen LogP contribution >= 0.6 is 0 Å². The monoisotopic (exact) mass is 613 g/mol. The number of halogens is 2. The van der Waals surface area contributed by atoms with E-state index >= 15 is 4.39 Å². The predicted molar refractivity (Wildman–Crippen MR) is 172 cm³/mol. The maximum atomic E-state index is 15.2. The average molecular weight is 614 g/mol. The van der Waals surface area contributed by atoms with Gasteiger partial charge in [-0.25, -0.2) is 18.7 Å². The van der Waals surface area contributed by atoms with E-state index in [2.05, 4.69) is 27.5 Å². The van der Waals surface area contributed by atoms with Crippen LogP contribution in [0.15, 0.2) is 79.5 Å². The molecule has 0 aliphatic carbocycles. The van der Waals surface area contributed by atoms with E-state index in [9.17, 15) is 9.18 Å². The number of anilines is 7. The maximum absolute atomic E-state index is 15.2. The molecule has 0 radical (unpaired) electrons. The summed E-state index contributed by atoms with van der Waals surface area (Å²) in [6.07, 6.45) is 2.79. The molecule has 2 saturated heterocycles. The van der Waals surface area contributed by atoms with Gasteiger partial charge in [0.25, 0.3) is 0 Å². The van der Waals surface area contributed by atoms with Crippen LogP contribution in [0.5, 0.6) is 0 Å². The van der Waals surface area contributed by atoms with E-state index in [-0.39, 0.29) is 23.5 Å². The molecule has 0 unspecified atom stereocenters. The fourth-order valence-corrected chi connectivity index (χ4v) is 5.26. The molecule has 1 aromatic heterocycles. The lowest BCUT2D eigenvalue weighted by Crippen LogP contribution is -2.36. The highest BCUT2D eigenvalue weighted by molar-refractivity contribution is 5.99. The van der Waals surface area contributed by atoms with E-state index in [0.29, 0.717) is 98.0 Å². The summed E-state index contributed by atoms with van der Waals surface area (Å²) in [6.45, 7) is 8.11. The van der Waals surface area contributed by atoms with Crippen LogP contribution in [0.25, 0.3) is 11.3 Å². The van der Waals surface area contributed by atoms with E-state index < -0.39 is 0 Å². The largest absolute Gasteiger partial charge is 0.378 e. The molecule has 3 N–H and O–H groups in total. The number of carbonyl (C=O) groups excluding carboxylic acids is 1. The first kappa shape index (κ1) is 30.0. The molecule has 0 saturated carbocycles. The van der Waals surface area contributed by atoms with Crippen molar-refractivity contribution < 1.29 is 23.0 Å². The fourth-order valence-electron chi connectivity index (χ4n) is 5.26. The van der Waals surface area contributed by atoms with Crippen LogP contribution in [0.1, 0.15) is 0 Å². The molecular weight excluding hydrogens is 580 g/mol. The molecule has 3 heterocycles. The number of benzene rings is 3. The van der Waals surface area contributed by atoms with Crippen molar-refractivity contribution in [1.29, 1.82) is 0 Å². The van der Waals surface area contributed by atoms with Crippen molar-refractivity contribution in [3.05, 3.63) is 91.1 Å². The van der Waals surface area contributed by atoms with Gasteiger partial charge in [0.15, 0.2) is 0 Å². The third-order valence-corrected chi connectivity index (χ3v) is 7.51. The van der Waals surface area contributed by atoms with Gasteiger partial charge in [-0.1, -0.05) is 18.7 Å². The molecule has 2 aliphatic rings. The highest BCUT2D eigenvalue weighted by Crippen LogP contribution is 2.33. The van der Waals surface area contributed by atoms with Crippen LogP contribution < -0.4 is 25.8 Å². The average Bonchev–Trinajstić information content (AvgIpc) is 3.07. The first-order chi connectivity index (χ1) is 22.0. The summed E-state index contributed by atoms with van der Waals surface area (Å²) in [4.78, 5) is 25.2. The van der Waals surface area contributed by atoms with E-state index in [1.165, 1.54) is 18.2 Å². The summed E-state index contributed by atoms with van der Waals surface area (Å²) in [5.41, 5.74) is 4.33. The molecule has 10 nitrogen and oxygen atoms in total. The Morgan fingerprint density at radius 1 is 0.800 bits per heavy atom. The molecule has 0 bridgehead atoms. The van der Waals surface area contributed by atoms with E-state index in [1.807, 2.05) is 15.9 Å². The summed E-state index contributed by atoms with van der Waals surface area (Å²) >= 11 is 0. The van der Waals surface area contributed by atoms with Gasteiger partial charge in [-0.05, 0) is 54.6 Å². The highest BCUT2D eigenvalue weighted by Gasteiger charge is 2.19. The summed E-state index contributed by atoms with van der Waals surface area (Å²) in [6, 6.07) is 16.9. The van der Waals surface area contributed by atoms with Gasteiger partial charge in [-0.15, -0.1) is 0 Å². The molecular formula is C33H33F2N7O3. The predicted octanol–water partition coefficient (Wildman–Crippen LogP) is 5.71. The number of rotatable bonds is 9. The van der Waals surface area contributed by atoms with Crippen LogP contribution in [0.4, 0.5) is 48.9 Å². The van der Waals surface area contributed by atoms with E-state index in [0.717, 1.165) is 0 Å². The zero-order valence-corrected chi connectivity index (χ0v) is 24.6. The Morgan fingerprint density at radius 3 is 2.20 bits per heavy atom. The minimum absolute atomic E-state index is 0.268. The SMILES string of the molecule is C=CC(=O)Nc1cccc(-c2nc(Nc3ccc(F)c(N4CCOCC4)c3)ncc2Nc2ccc(N3CCOCC3)c(F)c2)c1. The number of hydrogen-bond donors (Lipinski definition) is 3. The van der Waals surface area contributed by atoms with Crippen molar-refractivity contribution in [2.45, 2.75) is 0 Å². The van der Waals surface area contributed by atoms with Crippen molar-refractivity contribution in [1.82, 2.24) is 9.97 Å². The first-order valence-electron chi connectivity index (χ1n) is 14.7. The number of carbonyl (C=O) groups is 1. The first-order valence-corrected chi connectivity index (χ1v) is 14.7. The standard InChI is InChI=1S/C33H33F2N7O3/c1-2-31(43)38-23-5-3-4-22(18-23)32-28(37-24-7-9-29(27(35)19-24)41-10-14-44-15-11-41)21-36-33(40-32)39-25-6-8-26(34)30(20-25)42-12-16-45-17-13-42/h2-9,18-21,37H,1,10-17H2,(H,38,43)(H,36,39,40). The van der Waals surface area contributed by atoms with Crippen LogP contribution in [0.2, 0.25) is 0 Å². The Hall–Kier alpha value is -5.07. The lowest BCUT2D eigenvalue weighted by atomic mass is 10.1. The van der Waals surface area contributed by atoms with Crippen molar-refractivity contribution in [2.24, 2.45) is 0 Å². The number of morpholine rings is 2. The molecule has 45 heavy (non-hydrogen) atoms. The summed E-state index contributed by atoms with van der Waals surface area (Å²) in [7, 11) is 0. The van der Waals surface area contributed by atoms with Crippen LogP contribution in [0, 0.1) is 11.6 Å². The van der Waals surface area contributed by atoms with Gasteiger partial charge in [0.1, 0.15) is 11.6 Å². The number of aromatic nitrogens is 2. The number of nitrogens with zero attached hydrogens (tertiary/aromatic N) is 4.